The van der Waals surface area contributed by atoms with Gasteiger partial charge in [0, 0.05) is 6.04 Å². The Bertz CT molecular complexity index is 142. The van der Waals surface area contributed by atoms with Gasteiger partial charge in [-0.05, 0) is 26.7 Å². The van der Waals surface area contributed by atoms with Crippen LogP contribution in [0.3, 0.4) is 0 Å². The largest absolute Gasteiger partial charge is 0.369 e. The monoisotopic (exact) mass is 187 g/mol. The molecule has 0 fully saturated rings. The highest BCUT2D eigenvalue weighted by Crippen LogP contribution is 1.96. The highest BCUT2D eigenvalue weighted by molar-refractivity contribution is 5.77. The zero-order valence-corrected chi connectivity index (χ0v) is 9.09. The van der Waals surface area contributed by atoms with E-state index in [1.165, 1.54) is 0 Å². The predicted molar refractivity (Wildman–Crippen MR) is 53.6 cm³/mol. The Morgan fingerprint density at radius 2 is 1.85 bits per heavy atom. The average molecular weight is 187 g/mol. The van der Waals surface area contributed by atoms with Gasteiger partial charge in [-0.2, -0.15) is 0 Å². The normalized spacial score (nSPS) is 10.9. The van der Waals surface area contributed by atoms with Crippen molar-refractivity contribution in [2.24, 2.45) is 0 Å². The van der Waals surface area contributed by atoms with Crippen LogP contribution >= 0.6 is 0 Å². The maximum absolute atomic E-state index is 11.2. The Morgan fingerprint density at radius 1 is 1.31 bits per heavy atom. The molecule has 78 valence electrons. The second-order valence-electron chi connectivity index (χ2n) is 3.44. The van der Waals surface area contributed by atoms with Crippen molar-refractivity contribution in [1.82, 2.24) is 5.32 Å². The maximum atomic E-state index is 11.2. The van der Waals surface area contributed by atoms with Crippen LogP contribution in [0.5, 0.6) is 0 Å². The number of hydrogen-bond acceptors (Lipinski definition) is 2. The van der Waals surface area contributed by atoms with Gasteiger partial charge in [-0.25, -0.2) is 0 Å². The quantitative estimate of drug-likeness (QED) is 0.687. The summed E-state index contributed by atoms with van der Waals surface area (Å²) in [6, 6.07) is 0.295. The molecule has 0 aliphatic heterocycles. The second kappa shape index (κ2) is 6.89. The summed E-state index contributed by atoms with van der Waals surface area (Å²) in [7, 11) is 0. The van der Waals surface area contributed by atoms with Crippen molar-refractivity contribution >= 4 is 5.91 Å². The fourth-order valence-electron chi connectivity index (χ4n) is 1.00. The number of carbonyl (C=O) groups is 1. The van der Waals surface area contributed by atoms with E-state index in [2.05, 4.69) is 19.2 Å². The lowest BCUT2D eigenvalue weighted by atomic mass is 10.2. The third kappa shape index (κ3) is 6.58. The molecule has 0 aromatic heterocycles. The van der Waals surface area contributed by atoms with Crippen LogP contribution in [0.25, 0.3) is 0 Å². The van der Waals surface area contributed by atoms with Gasteiger partial charge in [-0.3, -0.25) is 4.79 Å². The topological polar surface area (TPSA) is 38.3 Å². The first-order valence-electron chi connectivity index (χ1n) is 5.01. The third-order valence-electron chi connectivity index (χ3n) is 1.90. The van der Waals surface area contributed by atoms with Crippen molar-refractivity contribution in [2.75, 3.05) is 6.61 Å². The summed E-state index contributed by atoms with van der Waals surface area (Å²) in [5, 5.41) is 2.91. The van der Waals surface area contributed by atoms with Crippen LogP contribution in [0.15, 0.2) is 0 Å². The summed E-state index contributed by atoms with van der Waals surface area (Å²) >= 11 is 0. The molecule has 0 atom stereocenters. The van der Waals surface area contributed by atoms with Crippen molar-refractivity contribution in [3.8, 4) is 0 Å². The Labute approximate surface area is 80.8 Å². The van der Waals surface area contributed by atoms with Gasteiger partial charge in [-0.1, -0.05) is 13.8 Å². The molecule has 0 bridgehead atoms. The second-order valence-corrected chi connectivity index (χ2v) is 3.44. The Morgan fingerprint density at radius 3 is 2.23 bits per heavy atom. The van der Waals surface area contributed by atoms with Crippen LogP contribution in [0.1, 0.15) is 40.5 Å². The molecule has 0 aromatic rings. The van der Waals surface area contributed by atoms with E-state index < -0.39 is 0 Å². The molecular formula is C10H21NO2. The van der Waals surface area contributed by atoms with E-state index >= 15 is 0 Å². The van der Waals surface area contributed by atoms with E-state index in [0.717, 1.165) is 12.8 Å². The molecule has 13 heavy (non-hydrogen) atoms. The summed E-state index contributed by atoms with van der Waals surface area (Å²) in [5.74, 6) is -0.0117. The molecule has 0 aliphatic carbocycles. The van der Waals surface area contributed by atoms with Gasteiger partial charge in [0.1, 0.15) is 6.61 Å². The van der Waals surface area contributed by atoms with Crippen LogP contribution in [-0.2, 0) is 9.53 Å². The minimum atomic E-state index is -0.0117. The Balaban J connectivity index is 3.60. The van der Waals surface area contributed by atoms with Crippen LogP contribution in [0.2, 0.25) is 0 Å². The van der Waals surface area contributed by atoms with Gasteiger partial charge in [0.15, 0.2) is 0 Å². The molecule has 0 aromatic carbocycles. The van der Waals surface area contributed by atoms with Crippen molar-refractivity contribution in [1.29, 1.82) is 0 Å². The first-order valence-corrected chi connectivity index (χ1v) is 5.01. The maximum Gasteiger partial charge on any atom is 0.246 e. The molecule has 0 radical (unpaired) electrons. The zero-order valence-electron chi connectivity index (χ0n) is 9.09. The van der Waals surface area contributed by atoms with Crippen LogP contribution in [0.4, 0.5) is 0 Å². The van der Waals surface area contributed by atoms with Crippen LogP contribution in [0, 0.1) is 0 Å². The van der Waals surface area contributed by atoms with Gasteiger partial charge in [0.2, 0.25) is 5.91 Å². The zero-order chi connectivity index (χ0) is 10.3. The van der Waals surface area contributed by atoms with E-state index in [0.29, 0.717) is 6.04 Å². The molecule has 1 amide bonds. The first-order chi connectivity index (χ1) is 6.10. The lowest BCUT2D eigenvalue weighted by Gasteiger charge is -2.15. The average Bonchev–Trinajstić information content (AvgIpc) is 2.10. The lowest BCUT2D eigenvalue weighted by Crippen LogP contribution is -2.36. The fourth-order valence-corrected chi connectivity index (χ4v) is 1.00. The van der Waals surface area contributed by atoms with Crippen LogP contribution < -0.4 is 5.32 Å². The van der Waals surface area contributed by atoms with Crippen molar-refractivity contribution in [3.63, 3.8) is 0 Å². The Hall–Kier alpha value is -0.570. The van der Waals surface area contributed by atoms with Gasteiger partial charge >= 0.3 is 0 Å². The molecule has 1 N–H and O–H groups in total. The minimum Gasteiger partial charge on any atom is -0.369 e. The minimum absolute atomic E-state index is 0.0117. The molecule has 3 heteroatoms. The molecule has 0 unspecified atom stereocenters. The molecule has 0 spiro atoms. The van der Waals surface area contributed by atoms with E-state index in [9.17, 15) is 4.79 Å². The molecule has 0 saturated carbocycles. The first kappa shape index (κ1) is 12.4. The molecular weight excluding hydrogens is 166 g/mol. The van der Waals surface area contributed by atoms with Gasteiger partial charge in [-0.15, -0.1) is 0 Å². The lowest BCUT2D eigenvalue weighted by molar-refractivity contribution is -0.127. The van der Waals surface area contributed by atoms with E-state index in [-0.39, 0.29) is 18.6 Å². The molecule has 0 saturated heterocycles. The number of hydrogen-bond donors (Lipinski definition) is 1. The Kier molecular flexibility index (Phi) is 6.59. The summed E-state index contributed by atoms with van der Waals surface area (Å²) in [5.41, 5.74) is 0. The van der Waals surface area contributed by atoms with Gasteiger partial charge in [0.25, 0.3) is 0 Å². The molecule has 3 nitrogen and oxygen atoms in total. The molecule has 0 heterocycles. The summed E-state index contributed by atoms with van der Waals surface area (Å²) in [4.78, 5) is 11.2. The van der Waals surface area contributed by atoms with E-state index in [1.807, 2.05) is 13.8 Å². The van der Waals surface area contributed by atoms with E-state index in [4.69, 9.17) is 4.74 Å². The number of nitrogens with one attached hydrogen (secondary N) is 1. The summed E-state index contributed by atoms with van der Waals surface area (Å²) in [6.07, 6.45) is 2.07. The van der Waals surface area contributed by atoms with Crippen LogP contribution in [-0.4, -0.2) is 24.7 Å². The van der Waals surface area contributed by atoms with Crippen molar-refractivity contribution < 1.29 is 9.53 Å². The van der Waals surface area contributed by atoms with Crippen molar-refractivity contribution in [3.05, 3.63) is 0 Å². The predicted octanol–water partition coefficient (Wildman–Crippen LogP) is 1.72. The third-order valence-corrected chi connectivity index (χ3v) is 1.90. The van der Waals surface area contributed by atoms with Gasteiger partial charge in [0.05, 0.1) is 6.10 Å². The number of carbonyl (C=O) groups excluding carboxylic acids is 1. The standard InChI is InChI=1S/C10H21NO2/c1-5-9(6-2)11-10(12)7-13-8(3)4/h8-9H,5-7H2,1-4H3,(H,11,12). The van der Waals surface area contributed by atoms with Gasteiger partial charge < -0.3 is 10.1 Å². The van der Waals surface area contributed by atoms with Crippen molar-refractivity contribution in [2.45, 2.75) is 52.7 Å². The van der Waals surface area contributed by atoms with E-state index in [1.54, 1.807) is 0 Å². The number of ether oxygens (including phenoxy) is 1. The fraction of sp³-hybridized carbons (Fsp3) is 0.900. The highest BCUT2D eigenvalue weighted by Gasteiger charge is 2.08. The number of rotatable bonds is 6. The smallest absolute Gasteiger partial charge is 0.246 e. The number of amides is 1. The summed E-state index contributed by atoms with van der Waals surface area (Å²) < 4.78 is 5.18. The highest BCUT2D eigenvalue weighted by atomic mass is 16.5. The SMILES string of the molecule is CCC(CC)NC(=O)COC(C)C. The summed E-state index contributed by atoms with van der Waals surface area (Å²) in [6.45, 7) is 8.15. The molecule has 0 rings (SSSR count). The molecule has 0 aliphatic rings.